The van der Waals surface area contributed by atoms with Gasteiger partial charge in [0.05, 0.1) is 0 Å². The lowest BCUT2D eigenvalue weighted by molar-refractivity contribution is -0.142. The summed E-state index contributed by atoms with van der Waals surface area (Å²) in [5.41, 5.74) is 0.112. The van der Waals surface area contributed by atoms with Crippen LogP contribution in [0.1, 0.15) is 45.2 Å². The third kappa shape index (κ3) is 4.08. The van der Waals surface area contributed by atoms with Gasteiger partial charge in [-0.1, -0.05) is 67.6 Å². The molecule has 1 atom stereocenters. The Morgan fingerprint density at radius 1 is 1.00 bits per heavy atom. The van der Waals surface area contributed by atoms with Crippen LogP contribution in [-0.2, 0) is 21.7 Å². The molecule has 1 fully saturated rings. The predicted molar refractivity (Wildman–Crippen MR) is 115 cm³/mol. The standard InChI is InChI=1S/C24H29N3O3/c1-5-24(19-14-10-7-11-15-19)21(29)26(22(30)25-24)17-20(28)27(23(2,3)4)16-18-12-8-6-9-13-18/h6-15H,5,16-17H2,1-4H3,(H,25,30). The lowest BCUT2D eigenvalue weighted by atomic mass is 9.87. The van der Waals surface area contributed by atoms with Crippen LogP contribution in [0.3, 0.4) is 0 Å². The van der Waals surface area contributed by atoms with E-state index in [-0.39, 0.29) is 18.4 Å². The van der Waals surface area contributed by atoms with Crippen molar-refractivity contribution in [2.24, 2.45) is 0 Å². The minimum Gasteiger partial charge on any atom is -0.332 e. The minimum atomic E-state index is -1.13. The van der Waals surface area contributed by atoms with Crippen molar-refractivity contribution in [1.29, 1.82) is 0 Å². The summed E-state index contributed by atoms with van der Waals surface area (Å²) in [5.74, 6) is -0.655. The highest BCUT2D eigenvalue weighted by Gasteiger charge is 2.52. The van der Waals surface area contributed by atoms with Gasteiger partial charge >= 0.3 is 6.03 Å². The monoisotopic (exact) mass is 407 g/mol. The third-order valence-corrected chi connectivity index (χ3v) is 5.56. The Bertz CT molecular complexity index is 922. The van der Waals surface area contributed by atoms with E-state index in [1.807, 2.05) is 88.4 Å². The summed E-state index contributed by atoms with van der Waals surface area (Å²) < 4.78 is 0. The van der Waals surface area contributed by atoms with Crippen LogP contribution in [0.15, 0.2) is 60.7 Å². The van der Waals surface area contributed by atoms with Gasteiger partial charge in [0.15, 0.2) is 0 Å². The van der Waals surface area contributed by atoms with Crippen LogP contribution < -0.4 is 5.32 Å². The molecule has 6 heteroatoms. The van der Waals surface area contributed by atoms with Crippen LogP contribution in [0.5, 0.6) is 0 Å². The number of urea groups is 1. The summed E-state index contributed by atoms with van der Waals surface area (Å²) in [6.45, 7) is 7.81. The first-order valence-electron chi connectivity index (χ1n) is 10.2. The number of imide groups is 1. The smallest absolute Gasteiger partial charge is 0.325 e. The molecule has 2 aromatic rings. The summed E-state index contributed by atoms with van der Waals surface area (Å²) in [6.07, 6.45) is 0.402. The Balaban J connectivity index is 1.84. The van der Waals surface area contributed by atoms with E-state index in [0.717, 1.165) is 16.0 Å². The van der Waals surface area contributed by atoms with E-state index < -0.39 is 17.1 Å². The maximum atomic E-state index is 13.3. The normalized spacial score (nSPS) is 19.0. The Morgan fingerprint density at radius 3 is 2.10 bits per heavy atom. The minimum absolute atomic E-state index is 0.269. The van der Waals surface area contributed by atoms with Gasteiger partial charge in [0.1, 0.15) is 12.1 Å². The molecule has 1 aliphatic rings. The molecule has 1 saturated heterocycles. The molecule has 0 radical (unpaired) electrons. The van der Waals surface area contributed by atoms with Gasteiger partial charge in [-0.2, -0.15) is 0 Å². The molecule has 4 amide bonds. The van der Waals surface area contributed by atoms with Crippen molar-refractivity contribution in [1.82, 2.24) is 15.1 Å². The molecule has 1 aliphatic heterocycles. The van der Waals surface area contributed by atoms with Crippen LogP contribution in [0.25, 0.3) is 0 Å². The van der Waals surface area contributed by atoms with Crippen molar-refractivity contribution in [3.8, 4) is 0 Å². The van der Waals surface area contributed by atoms with Crippen molar-refractivity contribution >= 4 is 17.8 Å². The van der Waals surface area contributed by atoms with Gasteiger partial charge in [-0.15, -0.1) is 0 Å². The molecule has 30 heavy (non-hydrogen) atoms. The lowest BCUT2D eigenvalue weighted by Crippen LogP contribution is -2.50. The molecule has 0 aliphatic carbocycles. The fourth-order valence-electron chi connectivity index (χ4n) is 3.82. The van der Waals surface area contributed by atoms with Gasteiger partial charge in [-0.05, 0) is 38.3 Å². The van der Waals surface area contributed by atoms with Crippen LogP contribution in [0, 0.1) is 0 Å². The molecule has 0 bridgehead atoms. The molecular weight excluding hydrogens is 378 g/mol. The maximum absolute atomic E-state index is 13.3. The van der Waals surface area contributed by atoms with Gasteiger partial charge in [0.25, 0.3) is 5.91 Å². The fourth-order valence-corrected chi connectivity index (χ4v) is 3.82. The number of nitrogens with zero attached hydrogens (tertiary/aromatic N) is 2. The predicted octanol–water partition coefficient (Wildman–Crippen LogP) is 3.67. The summed E-state index contributed by atoms with van der Waals surface area (Å²) in [5, 5.41) is 2.83. The van der Waals surface area contributed by atoms with Crippen molar-refractivity contribution in [2.45, 2.75) is 51.7 Å². The van der Waals surface area contributed by atoms with Crippen molar-refractivity contribution < 1.29 is 14.4 Å². The summed E-state index contributed by atoms with van der Waals surface area (Å²) in [4.78, 5) is 42.0. The third-order valence-electron chi connectivity index (χ3n) is 5.56. The highest BCUT2D eigenvalue weighted by atomic mass is 16.2. The number of nitrogens with one attached hydrogen (secondary N) is 1. The second-order valence-corrected chi connectivity index (χ2v) is 8.58. The molecule has 3 rings (SSSR count). The lowest BCUT2D eigenvalue weighted by Gasteiger charge is -2.36. The molecule has 0 spiro atoms. The zero-order valence-electron chi connectivity index (χ0n) is 18.0. The maximum Gasteiger partial charge on any atom is 0.325 e. The average Bonchev–Trinajstić information content (AvgIpc) is 2.97. The zero-order chi connectivity index (χ0) is 21.9. The summed E-state index contributed by atoms with van der Waals surface area (Å²) in [6, 6.07) is 18.3. The SMILES string of the molecule is CCC1(c2ccccc2)NC(=O)N(CC(=O)N(Cc2ccccc2)C(C)(C)C)C1=O. The topological polar surface area (TPSA) is 69.7 Å². The number of amides is 4. The molecular formula is C24H29N3O3. The Hall–Kier alpha value is -3.15. The van der Waals surface area contributed by atoms with Crippen LogP contribution in [0.2, 0.25) is 0 Å². The van der Waals surface area contributed by atoms with E-state index in [0.29, 0.717) is 13.0 Å². The van der Waals surface area contributed by atoms with E-state index in [9.17, 15) is 14.4 Å². The van der Waals surface area contributed by atoms with Crippen molar-refractivity contribution in [3.63, 3.8) is 0 Å². The van der Waals surface area contributed by atoms with Gasteiger partial charge in [0.2, 0.25) is 5.91 Å². The van der Waals surface area contributed by atoms with Crippen molar-refractivity contribution in [3.05, 3.63) is 71.8 Å². The molecule has 158 valence electrons. The number of benzene rings is 2. The summed E-state index contributed by atoms with van der Waals surface area (Å²) in [7, 11) is 0. The first kappa shape index (κ1) is 21.6. The number of hydrogen-bond donors (Lipinski definition) is 1. The first-order chi connectivity index (χ1) is 14.2. The second kappa shape index (κ2) is 8.30. The van der Waals surface area contributed by atoms with E-state index in [2.05, 4.69) is 5.32 Å². The molecule has 1 N–H and O–H groups in total. The van der Waals surface area contributed by atoms with Gasteiger partial charge in [-0.25, -0.2) is 4.79 Å². The molecule has 0 saturated carbocycles. The van der Waals surface area contributed by atoms with Crippen LogP contribution in [0.4, 0.5) is 4.79 Å². The first-order valence-corrected chi connectivity index (χ1v) is 10.2. The van der Waals surface area contributed by atoms with Crippen molar-refractivity contribution in [2.75, 3.05) is 6.54 Å². The Kier molecular flexibility index (Phi) is 5.97. The molecule has 1 heterocycles. The number of hydrogen-bond acceptors (Lipinski definition) is 3. The van der Waals surface area contributed by atoms with Crippen LogP contribution in [-0.4, -0.2) is 39.7 Å². The second-order valence-electron chi connectivity index (χ2n) is 8.58. The number of carbonyl (C=O) groups is 3. The van der Waals surface area contributed by atoms with Crippen LogP contribution >= 0.6 is 0 Å². The van der Waals surface area contributed by atoms with E-state index >= 15 is 0 Å². The number of rotatable bonds is 6. The van der Waals surface area contributed by atoms with E-state index in [1.54, 1.807) is 4.90 Å². The Morgan fingerprint density at radius 2 is 1.57 bits per heavy atom. The quantitative estimate of drug-likeness (QED) is 0.743. The highest BCUT2D eigenvalue weighted by Crippen LogP contribution is 2.32. The summed E-state index contributed by atoms with van der Waals surface area (Å²) >= 11 is 0. The molecule has 2 aromatic carbocycles. The molecule has 1 unspecified atom stereocenters. The largest absolute Gasteiger partial charge is 0.332 e. The fraction of sp³-hybridized carbons (Fsp3) is 0.375. The highest BCUT2D eigenvalue weighted by molar-refractivity contribution is 6.09. The van der Waals surface area contributed by atoms with Gasteiger partial charge in [-0.3, -0.25) is 14.5 Å². The van der Waals surface area contributed by atoms with E-state index in [1.165, 1.54) is 0 Å². The molecule has 6 nitrogen and oxygen atoms in total. The number of carbonyl (C=O) groups excluding carboxylic acids is 3. The average molecular weight is 408 g/mol. The zero-order valence-corrected chi connectivity index (χ0v) is 18.0. The van der Waals surface area contributed by atoms with E-state index in [4.69, 9.17) is 0 Å². The van der Waals surface area contributed by atoms with Gasteiger partial charge < -0.3 is 10.2 Å². The van der Waals surface area contributed by atoms with Gasteiger partial charge in [0, 0.05) is 12.1 Å². The molecule has 0 aromatic heterocycles. The Labute approximate surface area is 177 Å².